The Morgan fingerprint density at radius 1 is 1.00 bits per heavy atom. The Balaban J connectivity index is 1.43. The molecule has 0 spiro atoms. The Morgan fingerprint density at radius 3 is 2.40 bits per heavy atom. The molecular weight excluding hydrogens is 384 g/mol. The first-order chi connectivity index (χ1) is 14.6. The van der Waals surface area contributed by atoms with Crippen LogP contribution in [0.1, 0.15) is 37.5 Å². The van der Waals surface area contributed by atoms with Gasteiger partial charge in [-0.05, 0) is 36.8 Å². The number of hydrogen-bond donors (Lipinski definition) is 0. The highest BCUT2D eigenvalue weighted by Gasteiger charge is 2.36. The van der Waals surface area contributed by atoms with Crippen LogP contribution in [-0.4, -0.2) is 78.9 Å². The van der Waals surface area contributed by atoms with E-state index in [2.05, 4.69) is 9.88 Å². The summed E-state index contributed by atoms with van der Waals surface area (Å²) in [6, 6.07) is 8.70. The lowest BCUT2D eigenvalue weighted by molar-refractivity contribution is 0.0638. The molecule has 3 amide bonds. The van der Waals surface area contributed by atoms with Crippen LogP contribution in [0, 0.1) is 0 Å². The molecule has 0 radical (unpaired) electrons. The number of hydrogen-bond acceptors (Lipinski definition) is 6. The molecule has 4 rings (SSSR count). The standard InChI is InChI=1S/C22H24N4O4/c1-30-14-2-9-26-21(28)18-4-3-16(15-19(18)22(26)29)20(27)25-12-10-24(11-13-25)17-5-7-23-8-6-17/h3-8,15H,2,9-14H2,1H3. The molecule has 0 N–H and O–H groups in total. The molecule has 2 aliphatic heterocycles. The predicted molar refractivity (Wildman–Crippen MR) is 111 cm³/mol. The molecule has 0 bridgehead atoms. The van der Waals surface area contributed by atoms with Gasteiger partial charge in [-0.15, -0.1) is 0 Å². The van der Waals surface area contributed by atoms with Gasteiger partial charge in [0.25, 0.3) is 17.7 Å². The van der Waals surface area contributed by atoms with E-state index in [4.69, 9.17) is 4.74 Å². The maximum Gasteiger partial charge on any atom is 0.261 e. The number of fused-ring (bicyclic) bond motifs is 1. The van der Waals surface area contributed by atoms with Gasteiger partial charge in [-0.3, -0.25) is 24.3 Å². The van der Waals surface area contributed by atoms with Crippen molar-refractivity contribution in [3.05, 3.63) is 59.4 Å². The van der Waals surface area contributed by atoms with Gasteiger partial charge in [0.15, 0.2) is 0 Å². The lowest BCUT2D eigenvalue weighted by Gasteiger charge is -2.36. The molecular formula is C22H24N4O4. The summed E-state index contributed by atoms with van der Waals surface area (Å²) in [6.45, 7) is 3.42. The minimum absolute atomic E-state index is 0.120. The molecule has 8 nitrogen and oxygen atoms in total. The first-order valence-corrected chi connectivity index (χ1v) is 10.0. The molecule has 1 saturated heterocycles. The number of carbonyl (C=O) groups excluding carboxylic acids is 3. The van der Waals surface area contributed by atoms with Crippen molar-refractivity contribution in [3.8, 4) is 0 Å². The van der Waals surface area contributed by atoms with E-state index in [1.54, 1.807) is 42.6 Å². The van der Waals surface area contributed by atoms with E-state index in [0.29, 0.717) is 49.4 Å². The molecule has 0 unspecified atom stereocenters. The molecule has 0 aliphatic carbocycles. The van der Waals surface area contributed by atoms with Gasteiger partial charge < -0.3 is 14.5 Å². The van der Waals surface area contributed by atoms with Crippen LogP contribution < -0.4 is 4.90 Å². The summed E-state index contributed by atoms with van der Waals surface area (Å²) >= 11 is 0. The van der Waals surface area contributed by atoms with Gasteiger partial charge in [0.05, 0.1) is 11.1 Å². The van der Waals surface area contributed by atoms with Crippen molar-refractivity contribution in [2.45, 2.75) is 6.42 Å². The molecule has 0 atom stereocenters. The minimum Gasteiger partial charge on any atom is -0.385 e. The second-order valence-electron chi connectivity index (χ2n) is 7.35. The summed E-state index contributed by atoms with van der Waals surface area (Å²) in [7, 11) is 1.58. The van der Waals surface area contributed by atoms with E-state index in [1.807, 2.05) is 12.1 Å². The Morgan fingerprint density at radius 2 is 1.70 bits per heavy atom. The Bertz CT molecular complexity index is 955. The molecule has 2 aliphatic rings. The third-order valence-corrected chi connectivity index (χ3v) is 5.54. The molecule has 1 aromatic heterocycles. The van der Waals surface area contributed by atoms with E-state index in [1.165, 1.54) is 4.90 Å². The second-order valence-corrected chi connectivity index (χ2v) is 7.35. The molecule has 30 heavy (non-hydrogen) atoms. The fourth-order valence-corrected chi connectivity index (χ4v) is 3.90. The van der Waals surface area contributed by atoms with Gasteiger partial charge in [-0.2, -0.15) is 0 Å². The van der Waals surface area contributed by atoms with Gasteiger partial charge in [0.1, 0.15) is 0 Å². The lowest BCUT2D eigenvalue weighted by atomic mass is 10.0. The van der Waals surface area contributed by atoms with E-state index >= 15 is 0 Å². The summed E-state index contributed by atoms with van der Waals surface area (Å²) in [6.07, 6.45) is 4.10. The van der Waals surface area contributed by atoms with E-state index < -0.39 is 0 Å². The third-order valence-electron chi connectivity index (χ3n) is 5.54. The fraction of sp³-hybridized carbons (Fsp3) is 0.364. The Kier molecular flexibility index (Phi) is 5.76. The lowest BCUT2D eigenvalue weighted by Crippen LogP contribution is -2.48. The molecule has 156 valence electrons. The number of imide groups is 1. The summed E-state index contributed by atoms with van der Waals surface area (Å²) in [5, 5.41) is 0. The highest BCUT2D eigenvalue weighted by atomic mass is 16.5. The minimum atomic E-state index is -0.344. The van der Waals surface area contributed by atoms with Crippen molar-refractivity contribution in [3.63, 3.8) is 0 Å². The van der Waals surface area contributed by atoms with Gasteiger partial charge in [0.2, 0.25) is 0 Å². The summed E-state index contributed by atoms with van der Waals surface area (Å²) in [5.41, 5.74) is 2.19. The largest absolute Gasteiger partial charge is 0.385 e. The van der Waals surface area contributed by atoms with E-state index in [0.717, 1.165) is 18.8 Å². The number of methoxy groups -OCH3 is 1. The first-order valence-electron chi connectivity index (χ1n) is 10.0. The maximum atomic E-state index is 13.0. The van der Waals surface area contributed by atoms with Gasteiger partial charge in [0, 0.05) is 70.1 Å². The molecule has 2 aromatic rings. The molecule has 3 heterocycles. The highest BCUT2D eigenvalue weighted by molar-refractivity contribution is 6.22. The van der Waals surface area contributed by atoms with Crippen LogP contribution in [0.5, 0.6) is 0 Å². The smallest absolute Gasteiger partial charge is 0.261 e. The number of amides is 3. The van der Waals surface area contributed by atoms with Crippen molar-refractivity contribution >= 4 is 23.4 Å². The number of nitrogens with zero attached hydrogens (tertiary/aromatic N) is 4. The fourth-order valence-electron chi connectivity index (χ4n) is 3.90. The normalized spacial score (nSPS) is 16.2. The molecule has 8 heteroatoms. The van der Waals surface area contributed by atoms with Crippen LogP contribution in [0.3, 0.4) is 0 Å². The monoisotopic (exact) mass is 408 g/mol. The average Bonchev–Trinajstić information content (AvgIpc) is 3.04. The van der Waals surface area contributed by atoms with Gasteiger partial charge >= 0.3 is 0 Å². The number of carbonyl (C=O) groups is 3. The van der Waals surface area contributed by atoms with Crippen molar-refractivity contribution in [1.29, 1.82) is 0 Å². The zero-order valence-electron chi connectivity index (χ0n) is 16.9. The van der Waals surface area contributed by atoms with E-state index in [-0.39, 0.29) is 17.7 Å². The van der Waals surface area contributed by atoms with Crippen LogP contribution in [0.4, 0.5) is 5.69 Å². The topological polar surface area (TPSA) is 83.1 Å². The maximum absolute atomic E-state index is 13.0. The number of piperazine rings is 1. The highest BCUT2D eigenvalue weighted by Crippen LogP contribution is 2.25. The van der Waals surface area contributed by atoms with Crippen LogP contribution in [0.25, 0.3) is 0 Å². The number of ether oxygens (including phenoxy) is 1. The summed E-state index contributed by atoms with van der Waals surface area (Å²) < 4.78 is 5.00. The zero-order chi connectivity index (χ0) is 21.1. The summed E-state index contributed by atoms with van der Waals surface area (Å²) in [5.74, 6) is -0.774. The number of anilines is 1. The number of aromatic nitrogens is 1. The Labute approximate surface area is 175 Å². The van der Waals surface area contributed by atoms with Crippen LogP contribution in [0.2, 0.25) is 0 Å². The molecule has 0 saturated carbocycles. The molecule has 1 aromatic carbocycles. The quantitative estimate of drug-likeness (QED) is 0.534. The van der Waals surface area contributed by atoms with Crippen molar-refractivity contribution < 1.29 is 19.1 Å². The number of rotatable bonds is 6. The second kappa shape index (κ2) is 8.62. The van der Waals surface area contributed by atoms with Crippen LogP contribution in [-0.2, 0) is 4.74 Å². The molecule has 1 fully saturated rings. The average molecular weight is 408 g/mol. The van der Waals surface area contributed by atoms with Gasteiger partial charge in [-0.1, -0.05) is 0 Å². The Hall–Kier alpha value is -3.26. The van der Waals surface area contributed by atoms with Crippen molar-refractivity contribution in [2.75, 3.05) is 51.3 Å². The van der Waals surface area contributed by atoms with E-state index in [9.17, 15) is 14.4 Å². The number of benzene rings is 1. The number of pyridine rings is 1. The van der Waals surface area contributed by atoms with Crippen molar-refractivity contribution in [2.24, 2.45) is 0 Å². The third kappa shape index (κ3) is 3.78. The zero-order valence-corrected chi connectivity index (χ0v) is 16.9. The SMILES string of the molecule is COCCCN1C(=O)c2ccc(C(=O)N3CCN(c4ccncc4)CC3)cc2C1=O. The first kappa shape index (κ1) is 20.0. The predicted octanol–water partition coefficient (Wildman–Crippen LogP) is 1.68. The van der Waals surface area contributed by atoms with Crippen LogP contribution >= 0.6 is 0 Å². The van der Waals surface area contributed by atoms with Gasteiger partial charge in [-0.25, -0.2) is 0 Å². The summed E-state index contributed by atoms with van der Waals surface area (Å²) in [4.78, 5) is 47.5. The van der Waals surface area contributed by atoms with Crippen LogP contribution in [0.15, 0.2) is 42.7 Å². The van der Waals surface area contributed by atoms with Crippen molar-refractivity contribution in [1.82, 2.24) is 14.8 Å².